The van der Waals surface area contributed by atoms with Crippen molar-refractivity contribution in [1.82, 2.24) is 0 Å². The van der Waals surface area contributed by atoms with E-state index in [0.717, 1.165) is 20.6 Å². The number of halogens is 2. The van der Waals surface area contributed by atoms with Crippen LogP contribution in [0.2, 0.25) is 5.02 Å². The average molecular weight is 334 g/mol. The Morgan fingerprint density at radius 2 is 2.20 bits per heavy atom. The first-order chi connectivity index (χ1) is 7.18. The average Bonchev–Trinajstić information content (AvgIpc) is 2.74. The number of allylic oxidation sites excluding steroid dienone is 1. The highest BCUT2D eigenvalue weighted by atomic mass is 127. The zero-order chi connectivity index (χ0) is 10.8. The summed E-state index contributed by atoms with van der Waals surface area (Å²) in [4.78, 5) is 0. The molecule has 80 valence electrons. The molecule has 0 saturated carbocycles. The van der Waals surface area contributed by atoms with Crippen molar-refractivity contribution < 1.29 is 0 Å². The fourth-order valence-corrected chi connectivity index (χ4v) is 2.42. The lowest BCUT2D eigenvalue weighted by atomic mass is 9.99. The van der Waals surface area contributed by atoms with Gasteiger partial charge in [0, 0.05) is 3.57 Å². The summed E-state index contributed by atoms with van der Waals surface area (Å²) >= 11 is 8.31. The van der Waals surface area contributed by atoms with E-state index in [9.17, 15) is 0 Å². The summed E-state index contributed by atoms with van der Waals surface area (Å²) < 4.78 is 1.07. The second-order valence-corrected chi connectivity index (χ2v) is 5.39. The molecule has 0 heterocycles. The number of hydrogen-bond donors (Lipinski definition) is 1. The largest absolute Gasteiger partial charge is 0.321 e. The number of benzene rings is 1. The van der Waals surface area contributed by atoms with Gasteiger partial charge in [0.1, 0.15) is 0 Å². The van der Waals surface area contributed by atoms with Crippen molar-refractivity contribution in [2.75, 3.05) is 0 Å². The van der Waals surface area contributed by atoms with Gasteiger partial charge in [-0.2, -0.15) is 0 Å². The van der Waals surface area contributed by atoms with E-state index in [1.54, 1.807) is 0 Å². The molecule has 0 bridgehead atoms. The molecular weight excluding hydrogens is 320 g/mol. The molecule has 0 spiro atoms. The van der Waals surface area contributed by atoms with Gasteiger partial charge in [0.15, 0.2) is 0 Å². The van der Waals surface area contributed by atoms with Crippen LogP contribution in [-0.4, -0.2) is 0 Å². The Bertz CT molecular complexity index is 401. The minimum atomic E-state index is 0.0296. The van der Waals surface area contributed by atoms with Gasteiger partial charge in [-0.1, -0.05) is 29.3 Å². The van der Waals surface area contributed by atoms with E-state index < -0.39 is 0 Å². The quantitative estimate of drug-likeness (QED) is 0.641. The SMILES string of the molecule is NC(C1=CCCC1)c1ccc(I)c(Cl)c1. The van der Waals surface area contributed by atoms with Gasteiger partial charge < -0.3 is 5.73 Å². The molecule has 15 heavy (non-hydrogen) atoms. The van der Waals surface area contributed by atoms with E-state index in [1.165, 1.54) is 18.4 Å². The first-order valence-corrected chi connectivity index (χ1v) is 6.53. The maximum atomic E-state index is 6.19. The van der Waals surface area contributed by atoms with E-state index in [2.05, 4.69) is 34.7 Å². The van der Waals surface area contributed by atoms with Crippen LogP contribution in [0.4, 0.5) is 0 Å². The molecular formula is C12H13ClIN. The second kappa shape index (κ2) is 4.85. The van der Waals surface area contributed by atoms with Crippen LogP contribution in [0.3, 0.4) is 0 Å². The fraction of sp³-hybridized carbons (Fsp3) is 0.333. The van der Waals surface area contributed by atoms with Crippen LogP contribution in [0.5, 0.6) is 0 Å². The Hall–Kier alpha value is -0.0600. The summed E-state index contributed by atoms with van der Waals surface area (Å²) in [5, 5.41) is 0.794. The van der Waals surface area contributed by atoms with Gasteiger partial charge in [0.05, 0.1) is 11.1 Å². The molecule has 1 aromatic carbocycles. The molecule has 1 atom stereocenters. The molecule has 1 aromatic rings. The van der Waals surface area contributed by atoms with Crippen LogP contribution in [0.25, 0.3) is 0 Å². The highest BCUT2D eigenvalue weighted by Crippen LogP contribution is 2.31. The lowest BCUT2D eigenvalue weighted by Gasteiger charge is -2.14. The minimum Gasteiger partial charge on any atom is -0.321 e. The fourth-order valence-electron chi connectivity index (χ4n) is 1.90. The lowest BCUT2D eigenvalue weighted by Crippen LogP contribution is -2.12. The van der Waals surface area contributed by atoms with Crippen molar-refractivity contribution in [3.05, 3.63) is 44.0 Å². The topological polar surface area (TPSA) is 26.0 Å². The molecule has 0 fully saturated rings. The van der Waals surface area contributed by atoms with Crippen LogP contribution >= 0.6 is 34.2 Å². The normalized spacial score (nSPS) is 17.7. The maximum Gasteiger partial charge on any atom is 0.0542 e. The Kier molecular flexibility index (Phi) is 3.69. The van der Waals surface area contributed by atoms with E-state index in [4.69, 9.17) is 17.3 Å². The molecule has 1 unspecified atom stereocenters. The smallest absolute Gasteiger partial charge is 0.0542 e. The molecule has 0 saturated heterocycles. The zero-order valence-electron chi connectivity index (χ0n) is 8.34. The van der Waals surface area contributed by atoms with E-state index in [-0.39, 0.29) is 6.04 Å². The Balaban J connectivity index is 2.25. The van der Waals surface area contributed by atoms with Crippen molar-refractivity contribution in [3.8, 4) is 0 Å². The van der Waals surface area contributed by atoms with Gasteiger partial charge in [-0.3, -0.25) is 0 Å². The van der Waals surface area contributed by atoms with Crippen LogP contribution in [0.1, 0.15) is 30.9 Å². The monoisotopic (exact) mass is 333 g/mol. The van der Waals surface area contributed by atoms with Gasteiger partial charge in [0.2, 0.25) is 0 Å². The third-order valence-corrected chi connectivity index (χ3v) is 4.35. The highest BCUT2D eigenvalue weighted by molar-refractivity contribution is 14.1. The Labute approximate surface area is 109 Å². The summed E-state index contributed by atoms with van der Waals surface area (Å²) in [6.07, 6.45) is 5.80. The molecule has 2 rings (SSSR count). The first kappa shape index (κ1) is 11.4. The second-order valence-electron chi connectivity index (χ2n) is 3.82. The lowest BCUT2D eigenvalue weighted by molar-refractivity contribution is 0.784. The van der Waals surface area contributed by atoms with Crippen LogP contribution in [-0.2, 0) is 0 Å². The van der Waals surface area contributed by atoms with Crippen LogP contribution in [0, 0.1) is 3.57 Å². The van der Waals surface area contributed by atoms with E-state index in [0.29, 0.717) is 0 Å². The summed E-state index contributed by atoms with van der Waals surface area (Å²) in [5.74, 6) is 0. The Morgan fingerprint density at radius 3 is 2.80 bits per heavy atom. The van der Waals surface area contributed by atoms with Crippen molar-refractivity contribution in [2.45, 2.75) is 25.3 Å². The van der Waals surface area contributed by atoms with Crippen LogP contribution in [0.15, 0.2) is 29.8 Å². The predicted molar refractivity (Wildman–Crippen MR) is 73.0 cm³/mol. The molecule has 0 amide bonds. The number of nitrogens with two attached hydrogens (primary N) is 1. The van der Waals surface area contributed by atoms with Crippen molar-refractivity contribution in [2.24, 2.45) is 5.73 Å². The molecule has 0 radical (unpaired) electrons. The number of hydrogen-bond acceptors (Lipinski definition) is 1. The van der Waals surface area contributed by atoms with Gasteiger partial charge in [-0.25, -0.2) is 0 Å². The highest BCUT2D eigenvalue weighted by Gasteiger charge is 2.15. The third-order valence-electron chi connectivity index (χ3n) is 2.78. The molecule has 3 heteroatoms. The summed E-state index contributed by atoms with van der Waals surface area (Å²) in [7, 11) is 0. The number of rotatable bonds is 2. The predicted octanol–water partition coefficient (Wildman–Crippen LogP) is 4.05. The van der Waals surface area contributed by atoms with E-state index in [1.807, 2.05) is 12.1 Å². The van der Waals surface area contributed by atoms with Gasteiger partial charge in [-0.15, -0.1) is 0 Å². The Morgan fingerprint density at radius 1 is 1.40 bits per heavy atom. The summed E-state index contributed by atoms with van der Waals surface area (Å²) in [6, 6.07) is 6.10. The molecule has 0 aromatic heterocycles. The first-order valence-electron chi connectivity index (χ1n) is 5.08. The maximum absolute atomic E-state index is 6.19. The van der Waals surface area contributed by atoms with Gasteiger partial charge in [0.25, 0.3) is 0 Å². The molecule has 0 aliphatic heterocycles. The van der Waals surface area contributed by atoms with Crippen molar-refractivity contribution in [3.63, 3.8) is 0 Å². The molecule has 1 nitrogen and oxygen atoms in total. The van der Waals surface area contributed by atoms with Gasteiger partial charge >= 0.3 is 0 Å². The van der Waals surface area contributed by atoms with Gasteiger partial charge in [-0.05, 0) is 59.5 Å². The minimum absolute atomic E-state index is 0.0296. The van der Waals surface area contributed by atoms with Crippen molar-refractivity contribution in [1.29, 1.82) is 0 Å². The third kappa shape index (κ3) is 2.55. The standard InChI is InChI=1S/C12H13ClIN/c13-10-7-9(5-6-11(10)14)12(15)8-3-1-2-4-8/h3,5-7,12H,1-2,4,15H2. The zero-order valence-corrected chi connectivity index (χ0v) is 11.3. The van der Waals surface area contributed by atoms with Crippen LogP contribution < -0.4 is 5.73 Å². The van der Waals surface area contributed by atoms with Crippen molar-refractivity contribution >= 4 is 34.2 Å². The summed E-state index contributed by atoms with van der Waals surface area (Å²) in [5.41, 5.74) is 8.66. The summed E-state index contributed by atoms with van der Waals surface area (Å²) in [6.45, 7) is 0. The molecule has 2 N–H and O–H groups in total. The van der Waals surface area contributed by atoms with E-state index >= 15 is 0 Å². The molecule has 1 aliphatic carbocycles. The molecule has 1 aliphatic rings.